The largest absolute Gasteiger partial charge is 0.342 e. The smallest absolute Gasteiger partial charge is 0.227 e. The topological polar surface area (TPSA) is 51.0 Å². The normalized spacial score (nSPS) is 18.0. The summed E-state index contributed by atoms with van der Waals surface area (Å²) in [6.07, 6.45) is 2.62. The van der Waals surface area contributed by atoms with E-state index >= 15 is 0 Å². The molecule has 4 rings (SSSR count). The molecule has 0 aromatic carbocycles. The molecule has 0 saturated carbocycles. The number of thiophene rings is 1. The van der Waals surface area contributed by atoms with Gasteiger partial charge in [-0.2, -0.15) is 16.4 Å². The highest BCUT2D eigenvalue weighted by Gasteiger charge is 2.26. The minimum Gasteiger partial charge on any atom is -0.342 e. The molecule has 4 heterocycles. The molecule has 0 N–H and O–H groups in total. The van der Waals surface area contributed by atoms with Crippen molar-refractivity contribution in [2.75, 3.05) is 13.1 Å². The van der Waals surface area contributed by atoms with Gasteiger partial charge in [-0.3, -0.25) is 9.48 Å². The highest BCUT2D eigenvalue weighted by molar-refractivity contribution is 7.08. The fourth-order valence-corrected chi connectivity index (χ4v) is 4.34. The van der Waals surface area contributed by atoms with Gasteiger partial charge in [0.25, 0.3) is 0 Å². The van der Waals surface area contributed by atoms with E-state index < -0.39 is 0 Å². The first kappa shape index (κ1) is 16.3. The van der Waals surface area contributed by atoms with Gasteiger partial charge in [-0.15, -0.1) is 0 Å². The molecule has 130 valence electrons. The lowest BCUT2D eigenvalue weighted by Crippen LogP contribution is -2.40. The molecule has 1 atom stereocenters. The zero-order valence-corrected chi connectivity index (χ0v) is 15.4. The lowest BCUT2D eigenvalue weighted by molar-refractivity contribution is -0.131. The Kier molecular flexibility index (Phi) is 4.29. The molecule has 0 spiro atoms. The molecule has 5 nitrogen and oxygen atoms in total. The summed E-state index contributed by atoms with van der Waals surface area (Å²) >= 11 is 1.64. The van der Waals surface area contributed by atoms with Gasteiger partial charge in [0.05, 0.1) is 12.1 Å². The zero-order chi connectivity index (χ0) is 17.4. The van der Waals surface area contributed by atoms with E-state index in [4.69, 9.17) is 4.98 Å². The molecule has 1 saturated heterocycles. The summed E-state index contributed by atoms with van der Waals surface area (Å²) in [6, 6.07) is 6.25. The van der Waals surface area contributed by atoms with Crippen LogP contribution in [0, 0.1) is 6.92 Å². The summed E-state index contributed by atoms with van der Waals surface area (Å²) < 4.78 is 1.84. The number of amides is 1. The second-order valence-electron chi connectivity index (χ2n) is 6.80. The molecule has 6 heteroatoms. The van der Waals surface area contributed by atoms with Crippen molar-refractivity contribution in [3.05, 3.63) is 45.9 Å². The summed E-state index contributed by atoms with van der Waals surface area (Å²) in [6.45, 7) is 3.62. The Morgan fingerprint density at radius 2 is 2.24 bits per heavy atom. The van der Waals surface area contributed by atoms with Gasteiger partial charge in [-0.25, -0.2) is 4.98 Å². The summed E-state index contributed by atoms with van der Waals surface area (Å²) in [7, 11) is 1.93. The van der Waals surface area contributed by atoms with Crippen LogP contribution in [0.5, 0.6) is 0 Å². The van der Waals surface area contributed by atoms with Gasteiger partial charge in [0, 0.05) is 37.1 Å². The van der Waals surface area contributed by atoms with Crippen molar-refractivity contribution in [2.24, 2.45) is 7.05 Å². The van der Waals surface area contributed by atoms with Crippen molar-refractivity contribution in [3.63, 3.8) is 0 Å². The predicted molar refractivity (Wildman–Crippen MR) is 99.8 cm³/mol. The lowest BCUT2D eigenvalue weighted by atomic mass is 9.93. The van der Waals surface area contributed by atoms with Crippen LogP contribution in [0.4, 0.5) is 0 Å². The van der Waals surface area contributed by atoms with Gasteiger partial charge < -0.3 is 4.90 Å². The maximum absolute atomic E-state index is 12.6. The number of piperidine rings is 1. The second kappa shape index (κ2) is 6.59. The van der Waals surface area contributed by atoms with Gasteiger partial charge in [0.2, 0.25) is 5.91 Å². The standard InChI is InChI=1S/C19H22N4OS/c1-13-16-5-6-17(20-19(16)22(2)21-13)15-4-3-8-23(11-15)18(24)10-14-7-9-25-12-14/h5-7,9,12,15H,3-4,8,10-11H2,1-2H3/t15-/m0/s1. The predicted octanol–water partition coefficient (Wildman–Crippen LogP) is 3.29. The van der Waals surface area contributed by atoms with Crippen LogP contribution in [0.3, 0.4) is 0 Å². The summed E-state index contributed by atoms with van der Waals surface area (Å²) in [5.41, 5.74) is 4.12. The first-order valence-electron chi connectivity index (χ1n) is 8.71. The average molecular weight is 354 g/mol. The van der Waals surface area contributed by atoms with Gasteiger partial charge in [-0.1, -0.05) is 0 Å². The molecular weight excluding hydrogens is 332 g/mol. The van der Waals surface area contributed by atoms with Crippen LogP contribution in [0.2, 0.25) is 0 Å². The number of aryl methyl sites for hydroxylation is 2. The first-order chi connectivity index (χ1) is 12.1. The number of carbonyl (C=O) groups excluding carboxylic acids is 1. The van der Waals surface area contributed by atoms with Crippen molar-refractivity contribution in [3.8, 4) is 0 Å². The fourth-order valence-electron chi connectivity index (χ4n) is 3.67. The zero-order valence-electron chi connectivity index (χ0n) is 14.6. The van der Waals surface area contributed by atoms with E-state index in [1.54, 1.807) is 11.3 Å². The number of aromatic nitrogens is 3. The molecule has 1 amide bonds. The first-order valence-corrected chi connectivity index (χ1v) is 9.65. The third kappa shape index (κ3) is 3.18. The van der Waals surface area contributed by atoms with Crippen molar-refractivity contribution < 1.29 is 4.79 Å². The number of fused-ring (bicyclic) bond motifs is 1. The molecule has 1 fully saturated rings. The number of likely N-dealkylation sites (tertiary alicyclic amines) is 1. The molecule has 3 aromatic rings. The third-order valence-electron chi connectivity index (χ3n) is 5.02. The van der Waals surface area contributed by atoms with E-state index in [-0.39, 0.29) is 5.91 Å². The van der Waals surface area contributed by atoms with Crippen molar-refractivity contribution in [1.29, 1.82) is 0 Å². The Hall–Kier alpha value is -2.21. The molecule has 25 heavy (non-hydrogen) atoms. The molecule has 0 aliphatic carbocycles. The highest BCUT2D eigenvalue weighted by Crippen LogP contribution is 2.28. The molecule has 0 unspecified atom stereocenters. The summed E-state index contributed by atoms with van der Waals surface area (Å²) in [5.74, 6) is 0.528. The highest BCUT2D eigenvalue weighted by atomic mass is 32.1. The van der Waals surface area contributed by atoms with E-state index in [0.717, 1.165) is 53.9 Å². The number of carbonyl (C=O) groups is 1. The van der Waals surface area contributed by atoms with Gasteiger partial charge in [0.1, 0.15) is 0 Å². The number of pyridine rings is 1. The number of hydrogen-bond donors (Lipinski definition) is 0. The molecule has 1 aliphatic rings. The van der Waals surface area contributed by atoms with Crippen LogP contribution in [0.25, 0.3) is 11.0 Å². The van der Waals surface area contributed by atoms with Crippen LogP contribution in [0.15, 0.2) is 29.0 Å². The van der Waals surface area contributed by atoms with Crippen LogP contribution >= 0.6 is 11.3 Å². The van der Waals surface area contributed by atoms with Crippen LogP contribution in [0.1, 0.15) is 35.7 Å². The minimum atomic E-state index is 0.223. The molecule has 1 aliphatic heterocycles. The van der Waals surface area contributed by atoms with E-state index in [1.165, 1.54) is 0 Å². The SMILES string of the molecule is Cc1nn(C)c2nc([C@H]3CCCN(C(=O)Cc4ccsc4)C3)ccc12. The van der Waals surface area contributed by atoms with E-state index in [9.17, 15) is 4.79 Å². The maximum Gasteiger partial charge on any atom is 0.227 e. The van der Waals surface area contributed by atoms with Crippen LogP contribution in [-0.2, 0) is 18.3 Å². The quantitative estimate of drug-likeness (QED) is 0.725. The minimum absolute atomic E-state index is 0.223. The molecule has 0 radical (unpaired) electrons. The van der Waals surface area contributed by atoms with Gasteiger partial charge in [0.15, 0.2) is 5.65 Å². The number of hydrogen-bond acceptors (Lipinski definition) is 4. The van der Waals surface area contributed by atoms with Crippen molar-refractivity contribution in [1.82, 2.24) is 19.7 Å². The van der Waals surface area contributed by atoms with E-state index in [0.29, 0.717) is 12.3 Å². The van der Waals surface area contributed by atoms with Crippen LogP contribution in [-0.4, -0.2) is 38.7 Å². The van der Waals surface area contributed by atoms with E-state index in [1.807, 2.05) is 35.0 Å². The average Bonchev–Trinajstić information content (AvgIpc) is 3.23. The van der Waals surface area contributed by atoms with Gasteiger partial charge >= 0.3 is 0 Å². The number of rotatable bonds is 3. The van der Waals surface area contributed by atoms with Crippen LogP contribution < -0.4 is 0 Å². The maximum atomic E-state index is 12.6. The van der Waals surface area contributed by atoms with E-state index in [2.05, 4.69) is 22.6 Å². The molecule has 3 aromatic heterocycles. The third-order valence-corrected chi connectivity index (χ3v) is 5.75. The lowest BCUT2D eigenvalue weighted by Gasteiger charge is -2.32. The summed E-state index contributed by atoms with van der Waals surface area (Å²) in [5, 5.41) is 9.64. The fraction of sp³-hybridized carbons (Fsp3) is 0.421. The monoisotopic (exact) mass is 354 g/mol. The summed E-state index contributed by atoms with van der Waals surface area (Å²) in [4.78, 5) is 19.5. The Morgan fingerprint density at radius 1 is 1.36 bits per heavy atom. The Morgan fingerprint density at radius 3 is 3.04 bits per heavy atom. The molecule has 0 bridgehead atoms. The number of nitrogens with zero attached hydrogens (tertiary/aromatic N) is 4. The van der Waals surface area contributed by atoms with Crippen molar-refractivity contribution >= 4 is 28.3 Å². The Balaban J connectivity index is 1.52. The van der Waals surface area contributed by atoms with Gasteiger partial charge in [-0.05, 0) is 54.3 Å². The Labute approximate surface area is 151 Å². The van der Waals surface area contributed by atoms with Crippen molar-refractivity contribution in [2.45, 2.75) is 32.1 Å². The Bertz CT molecular complexity index is 900. The second-order valence-corrected chi connectivity index (χ2v) is 7.58. The molecular formula is C19H22N4OS.